The molecule has 0 saturated carbocycles. The minimum absolute atomic E-state index is 0.0394. The number of hydrogen-bond donors (Lipinski definition) is 4. The predicted octanol–water partition coefficient (Wildman–Crippen LogP) is 4.66. The Kier molecular flexibility index (Phi) is 6.24. The molecule has 0 aliphatic rings. The summed E-state index contributed by atoms with van der Waals surface area (Å²) in [5.74, 6) is -0.511. The number of rotatable bonds is 6. The molecule has 1 unspecified atom stereocenters. The van der Waals surface area contributed by atoms with E-state index in [0.29, 0.717) is 11.6 Å². The lowest BCUT2D eigenvalue weighted by Crippen LogP contribution is -2.31. The minimum Gasteiger partial charge on any atom is -0.368 e. The molecule has 8 nitrogen and oxygen atoms in total. The van der Waals surface area contributed by atoms with E-state index in [1.807, 2.05) is 0 Å². The summed E-state index contributed by atoms with van der Waals surface area (Å²) in [6.07, 6.45) is -3.47. The molecule has 1 atom stereocenters. The number of aromatic amines is 1. The lowest BCUT2D eigenvalue weighted by atomic mass is 10.1. The second-order valence-electron chi connectivity index (χ2n) is 7.78. The van der Waals surface area contributed by atoms with Crippen molar-refractivity contribution in [1.29, 1.82) is 0 Å². The first kappa shape index (κ1) is 23.6. The lowest BCUT2D eigenvalue weighted by Gasteiger charge is -2.19. The Balaban J connectivity index is 1.79. The third kappa shape index (κ3) is 4.57. The molecule has 0 spiro atoms. The number of aliphatic hydroxyl groups is 1. The van der Waals surface area contributed by atoms with E-state index in [-0.39, 0.29) is 33.8 Å². The van der Waals surface area contributed by atoms with Gasteiger partial charge < -0.3 is 20.7 Å². The smallest absolute Gasteiger partial charge is 0.368 e. The van der Waals surface area contributed by atoms with Crippen molar-refractivity contribution in [3.05, 3.63) is 70.8 Å². The van der Waals surface area contributed by atoms with Gasteiger partial charge in [-0.15, -0.1) is 0 Å². The van der Waals surface area contributed by atoms with E-state index < -0.39 is 24.0 Å². The highest BCUT2D eigenvalue weighted by molar-refractivity contribution is 6.32. The van der Waals surface area contributed by atoms with E-state index in [4.69, 9.17) is 11.6 Å². The molecule has 4 aromatic rings. The molecule has 4 N–H and O–H groups in total. The van der Waals surface area contributed by atoms with Gasteiger partial charge in [0.15, 0.2) is 17.7 Å². The van der Waals surface area contributed by atoms with Crippen molar-refractivity contribution >= 4 is 34.1 Å². The maximum absolute atomic E-state index is 13.4. The molecule has 34 heavy (non-hydrogen) atoms. The summed E-state index contributed by atoms with van der Waals surface area (Å²) in [6.45, 7) is 3.59. The van der Waals surface area contributed by atoms with Crippen LogP contribution in [0.1, 0.15) is 41.8 Å². The third-order valence-electron chi connectivity index (χ3n) is 4.91. The Bertz CT molecular complexity index is 1350. The summed E-state index contributed by atoms with van der Waals surface area (Å²) in [7, 11) is 0. The third-order valence-corrected chi connectivity index (χ3v) is 5.21. The van der Waals surface area contributed by atoms with Crippen LogP contribution in [0, 0.1) is 0 Å². The number of carbonyl (C=O) groups excluding carboxylic acids is 1. The highest BCUT2D eigenvalue weighted by Gasteiger charge is 2.36. The van der Waals surface area contributed by atoms with Crippen molar-refractivity contribution in [3.8, 4) is 5.82 Å². The number of hydrogen-bond acceptors (Lipinski definition) is 5. The van der Waals surface area contributed by atoms with Crippen molar-refractivity contribution in [2.24, 2.45) is 0 Å². The van der Waals surface area contributed by atoms with Crippen LogP contribution in [-0.4, -0.2) is 36.8 Å². The number of H-pyrrole nitrogens is 1. The quantitative estimate of drug-likeness (QED) is 0.293. The van der Waals surface area contributed by atoms with E-state index >= 15 is 0 Å². The van der Waals surface area contributed by atoms with Crippen LogP contribution in [0.4, 0.5) is 18.9 Å². The Morgan fingerprint density at radius 2 is 2.00 bits per heavy atom. The van der Waals surface area contributed by atoms with Crippen molar-refractivity contribution in [2.75, 3.05) is 5.32 Å². The van der Waals surface area contributed by atoms with Gasteiger partial charge in [-0.1, -0.05) is 17.7 Å². The number of nitrogens with one attached hydrogen (secondary N) is 3. The molecule has 4 rings (SSSR count). The van der Waals surface area contributed by atoms with Gasteiger partial charge in [-0.2, -0.15) is 18.3 Å². The number of alkyl halides is 3. The zero-order valence-corrected chi connectivity index (χ0v) is 18.7. The number of halogens is 4. The molecule has 0 fully saturated rings. The first-order valence-corrected chi connectivity index (χ1v) is 10.6. The molecule has 1 amide bonds. The molecular weight excluding hydrogens is 473 g/mol. The summed E-state index contributed by atoms with van der Waals surface area (Å²) < 4.78 is 41.1. The van der Waals surface area contributed by atoms with Gasteiger partial charge in [0.1, 0.15) is 0 Å². The molecule has 12 heteroatoms. The fourth-order valence-corrected chi connectivity index (χ4v) is 3.67. The monoisotopic (exact) mass is 492 g/mol. The van der Waals surface area contributed by atoms with Gasteiger partial charge in [0, 0.05) is 23.8 Å². The Hall–Kier alpha value is -3.57. The summed E-state index contributed by atoms with van der Waals surface area (Å²) >= 11 is 6.12. The van der Waals surface area contributed by atoms with Crippen LogP contribution >= 0.6 is 11.6 Å². The standard InChI is InChI=1S/C22H20ClF3N6O2/c1-11(2)29-21(34)17-14(6-5-12-7-9-27-18(12)17)30-20(33)15-10-16(22(24,25)26)31-32(15)19-13(23)4-3-8-28-19/h3-11,20,27,30,33H,1-2H3,(H,29,34). The van der Waals surface area contributed by atoms with Gasteiger partial charge in [0.05, 0.1) is 27.5 Å². The number of amides is 1. The first-order valence-electron chi connectivity index (χ1n) is 10.2. The number of benzene rings is 1. The van der Waals surface area contributed by atoms with Crippen LogP contribution in [0.25, 0.3) is 16.7 Å². The molecule has 3 aromatic heterocycles. The number of carbonyl (C=O) groups is 1. The van der Waals surface area contributed by atoms with Crippen LogP contribution in [0.15, 0.2) is 48.8 Å². The second-order valence-corrected chi connectivity index (χ2v) is 8.19. The second kappa shape index (κ2) is 8.99. The number of pyridine rings is 1. The van der Waals surface area contributed by atoms with Gasteiger partial charge in [0.25, 0.3) is 5.91 Å². The summed E-state index contributed by atoms with van der Waals surface area (Å²) in [4.78, 5) is 19.9. The van der Waals surface area contributed by atoms with Crippen LogP contribution in [0.3, 0.4) is 0 Å². The fourth-order valence-electron chi connectivity index (χ4n) is 3.47. The number of aliphatic hydroxyl groups excluding tert-OH is 1. The largest absolute Gasteiger partial charge is 0.435 e. The minimum atomic E-state index is -4.77. The Morgan fingerprint density at radius 1 is 1.24 bits per heavy atom. The average Bonchev–Trinajstić information content (AvgIpc) is 3.40. The first-order chi connectivity index (χ1) is 16.1. The molecule has 178 valence electrons. The van der Waals surface area contributed by atoms with Crippen LogP contribution in [-0.2, 0) is 6.18 Å². The van der Waals surface area contributed by atoms with Gasteiger partial charge in [-0.05, 0) is 44.2 Å². The van der Waals surface area contributed by atoms with Crippen molar-refractivity contribution in [3.63, 3.8) is 0 Å². The summed E-state index contributed by atoms with van der Waals surface area (Å²) in [5.41, 5.74) is -0.591. The van der Waals surface area contributed by atoms with E-state index in [0.717, 1.165) is 10.1 Å². The van der Waals surface area contributed by atoms with E-state index in [1.54, 1.807) is 38.2 Å². The van der Waals surface area contributed by atoms with Crippen molar-refractivity contribution in [2.45, 2.75) is 32.3 Å². The molecule has 0 radical (unpaired) electrons. The van der Waals surface area contributed by atoms with E-state index in [1.165, 1.54) is 18.3 Å². The molecule has 0 aliphatic heterocycles. The van der Waals surface area contributed by atoms with Gasteiger partial charge in [-0.25, -0.2) is 9.67 Å². The topological polar surface area (TPSA) is 108 Å². The molecule has 0 saturated heterocycles. The van der Waals surface area contributed by atoms with Gasteiger partial charge in [-0.3, -0.25) is 4.79 Å². The van der Waals surface area contributed by atoms with Gasteiger partial charge >= 0.3 is 6.18 Å². The molecule has 1 aromatic carbocycles. The fraction of sp³-hybridized carbons (Fsp3) is 0.227. The highest BCUT2D eigenvalue weighted by Crippen LogP contribution is 2.34. The van der Waals surface area contributed by atoms with E-state index in [2.05, 4.69) is 25.7 Å². The zero-order chi connectivity index (χ0) is 24.6. The van der Waals surface area contributed by atoms with Crippen molar-refractivity contribution in [1.82, 2.24) is 25.1 Å². The number of aromatic nitrogens is 4. The number of anilines is 1. The SMILES string of the molecule is CC(C)NC(=O)c1c(NC(O)c2cc(C(F)(F)F)nn2-c2ncccc2Cl)ccc2cc[nH]c12. The highest BCUT2D eigenvalue weighted by atomic mass is 35.5. The van der Waals surface area contributed by atoms with Crippen LogP contribution < -0.4 is 10.6 Å². The van der Waals surface area contributed by atoms with Crippen LogP contribution in [0.5, 0.6) is 0 Å². The normalized spacial score (nSPS) is 12.8. The van der Waals surface area contributed by atoms with Crippen molar-refractivity contribution < 1.29 is 23.1 Å². The Labute approximate surface area is 196 Å². The zero-order valence-electron chi connectivity index (χ0n) is 18.0. The van der Waals surface area contributed by atoms with Gasteiger partial charge in [0.2, 0.25) is 0 Å². The van der Waals surface area contributed by atoms with E-state index in [9.17, 15) is 23.1 Å². The van der Waals surface area contributed by atoms with Crippen LogP contribution in [0.2, 0.25) is 5.02 Å². The summed E-state index contributed by atoms with van der Waals surface area (Å²) in [6, 6.07) is 8.53. The lowest BCUT2D eigenvalue weighted by molar-refractivity contribution is -0.141. The summed E-state index contributed by atoms with van der Waals surface area (Å²) in [5, 5.41) is 20.8. The predicted molar refractivity (Wildman–Crippen MR) is 121 cm³/mol. The molecule has 0 bridgehead atoms. The molecule has 3 heterocycles. The molecular formula is C22H20ClF3N6O2. The maximum atomic E-state index is 13.4. The number of nitrogens with zero attached hydrogens (tertiary/aromatic N) is 3. The number of fused-ring (bicyclic) bond motifs is 1. The molecule has 0 aliphatic carbocycles. The maximum Gasteiger partial charge on any atom is 0.435 e. The average molecular weight is 493 g/mol. The Morgan fingerprint density at radius 3 is 2.68 bits per heavy atom.